The first-order valence-corrected chi connectivity index (χ1v) is 7.49. The number of aliphatic hydroxyl groups excluding tert-OH is 1. The Labute approximate surface area is 125 Å². The van der Waals surface area contributed by atoms with Crippen molar-refractivity contribution in [3.05, 3.63) is 29.8 Å². The van der Waals surface area contributed by atoms with E-state index >= 15 is 0 Å². The summed E-state index contributed by atoms with van der Waals surface area (Å²) in [6.45, 7) is 2.24. The van der Waals surface area contributed by atoms with Gasteiger partial charge in [-0.1, -0.05) is 12.1 Å². The maximum Gasteiger partial charge on any atom is 0.317 e. The molecule has 0 unspecified atom stereocenters. The number of likely N-dealkylation sites (tertiary alicyclic amines) is 1. The van der Waals surface area contributed by atoms with Crippen molar-refractivity contribution in [2.45, 2.75) is 19.3 Å². The number of carbonyl (C=O) groups is 1. The van der Waals surface area contributed by atoms with Gasteiger partial charge in [-0.05, 0) is 37.0 Å². The maximum atomic E-state index is 11.9. The average molecular weight is 292 g/mol. The second kappa shape index (κ2) is 7.88. The molecule has 1 aromatic rings. The second-order valence-corrected chi connectivity index (χ2v) is 5.47. The molecule has 2 N–H and O–H groups in total. The first-order valence-electron chi connectivity index (χ1n) is 7.49. The summed E-state index contributed by atoms with van der Waals surface area (Å²) < 4.78 is 5.19. The highest BCUT2D eigenvalue weighted by atomic mass is 16.5. The number of urea groups is 1. The van der Waals surface area contributed by atoms with Gasteiger partial charge in [0.1, 0.15) is 5.75 Å². The van der Waals surface area contributed by atoms with Crippen LogP contribution in [0.15, 0.2) is 24.3 Å². The molecule has 1 aliphatic heterocycles. The average Bonchev–Trinajstić information content (AvgIpc) is 3.00. The van der Waals surface area contributed by atoms with Crippen molar-refractivity contribution in [2.24, 2.45) is 5.92 Å². The number of benzene rings is 1. The predicted octanol–water partition coefficient (Wildman–Crippen LogP) is 1.65. The van der Waals surface area contributed by atoms with Crippen LogP contribution in [0.25, 0.3) is 0 Å². The Bertz CT molecular complexity index is 465. The standard InChI is InChI=1S/C16H24N2O3/c1-21-15-6-2-4-13(10-15)5-3-8-17-16(20)18-9-7-14(11-18)12-19/h2,4,6,10,14,19H,3,5,7-9,11-12H2,1H3,(H,17,20)/t14-/m1/s1. The number of carbonyl (C=O) groups excluding carboxylic acids is 1. The van der Waals surface area contributed by atoms with Gasteiger partial charge in [-0.3, -0.25) is 0 Å². The Morgan fingerprint density at radius 2 is 2.38 bits per heavy atom. The highest BCUT2D eigenvalue weighted by molar-refractivity contribution is 5.74. The molecular weight excluding hydrogens is 268 g/mol. The largest absolute Gasteiger partial charge is 0.497 e. The Morgan fingerprint density at radius 3 is 3.10 bits per heavy atom. The van der Waals surface area contributed by atoms with Gasteiger partial charge in [-0.2, -0.15) is 0 Å². The van der Waals surface area contributed by atoms with Gasteiger partial charge in [0.15, 0.2) is 0 Å². The minimum absolute atomic E-state index is 0.0170. The van der Waals surface area contributed by atoms with Gasteiger partial charge in [0, 0.05) is 32.2 Å². The summed E-state index contributed by atoms with van der Waals surface area (Å²) in [4.78, 5) is 13.7. The zero-order valence-electron chi connectivity index (χ0n) is 12.5. The van der Waals surface area contributed by atoms with Crippen LogP contribution in [0, 0.1) is 5.92 Å². The van der Waals surface area contributed by atoms with Crippen molar-refractivity contribution >= 4 is 6.03 Å². The molecule has 2 rings (SSSR count). The molecule has 1 fully saturated rings. The summed E-state index contributed by atoms with van der Waals surface area (Å²) >= 11 is 0. The molecule has 0 saturated carbocycles. The molecule has 0 aromatic heterocycles. The Hall–Kier alpha value is -1.75. The molecule has 5 heteroatoms. The van der Waals surface area contributed by atoms with E-state index in [1.54, 1.807) is 12.0 Å². The van der Waals surface area contributed by atoms with Gasteiger partial charge in [-0.25, -0.2) is 4.79 Å². The molecular formula is C16H24N2O3. The van der Waals surface area contributed by atoms with E-state index in [4.69, 9.17) is 9.84 Å². The van der Waals surface area contributed by atoms with Gasteiger partial charge in [0.2, 0.25) is 0 Å². The molecule has 116 valence electrons. The van der Waals surface area contributed by atoms with Crippen molar-refractivity contribution in [1.29, 1.82) is 0 Å². The minimum atomic E-state index is -0.0170. The lowest BCUT2D eigenvalue weighted by atomic mass is 10.1. The summed E-state index contributed by atoms with van der Waals surface area (Å²) in [7, 11) is 1.66. The van der Waals surface area contributed by atoms with Crippen LogP contribution in [0.3, 0.4) is 0 Å². The van der Waals surface area contributed by atoms with Crippen LogP contribution in [0.2, 0.25) is 0 Å². The number of rotatable bonds is 6. The van der Waals surface area contributed by atoms with E-state index in [2.05, 4.69) is 11.4 Å². The number of hydrogen-bond donors (Lipinski definition) is 2. The third kappa shape index (κ3) is 4.63. The summed E-state index contributed by atoms with van der Waals surface area (Å²) in [6, 6.07) is 7.98. The van der Waals surface area contributed by atoms with Crippen molar-refractivity contribution < 1.29 is 14.6 Å². The van der Waals surface area contributed by atoms with E-state index in [1.165, 1.54) is 5.56 Å². The van der Waals surface area contributed by atoms with Crippen LogP contribution in [0.1, 0.15) is 18.4 Å². The number of aliphatic hydroxyl groups is 1. The lowest BCUT2D eigenvalue weighted by molar-refractivity contribution is 0.198. The first-order chi connectivity index (χ1) is 10.2. The SMILES string of the molecule is COc1cccc(CCCNC(=O)N2CC[C@@H](CO)C2)c1. The van der Waals surface area contributed by atoms with Crippen molar-refractivity contribution in [3.8, 4) is 5.75 Å². The highest BCUT2D eigenvalue weighted by Crippen LogP contribution is 2.15. The lowest BCUT2D eigenvalue weighted by Gasteiger charge is -2.17. The molecule has 1 atom stereocenters. The maximum absolute atomic E-state index is 11.9. The van der Waals surface area contributed by atoms with E-state index in [0.717, 1.165) is 31.6 Å². The fourth-order valence-corrected chi connectivity index (χ4v) is 2.59. The fraction of sp³-hybridized carbons (Fsp3) is 0.562. The van der Waals surface area contributed by atoms with E-state index in [9.17, 15) is 4.79 Å². The van der Waals surface area contributed by atoms with Gasteiger partial charge in [-0.15, -0.1) is 0 Å². The number of hydrogen-bond acceptors (Lipinski definition) is 3. The third-order valence-electron chi connectivity index (χ3n) is 3.88. The molecule has 0 bridgehead atoms. The molecule has 5 nitrogen and oxygen atoms in total. The zero-order valence-corrected chi connectivity index (χ0v) is 12.5. The molecule has 1 saturated heterocycles. The summed E-state index contributed by atoms with van der Waals surface area (Å²) in [5, 5.41) is 12.0. The van der Waals surface area contributed by atoms with Crippen molar-refractivity contribution in [1.82, 2.24) is 10.2 Å². The van der Waals surface area contributed by atoms with Crippen LogP contribution in [-0.2, 0) is 6.42 Å². The van der Waals surface area contributed by atoms with Crippen LogP contribution < -0.4 is 10.1 Å². The molecule has 0 radical (unpaired) electrons. The molecule has 0 spiro atoms. The molecule has 1 aromatic carbocycles. The van der Waals surface area contributed by atoms with E-state index in [-0.39, 0.29) is 18.6 Å². The molecule has 1 heterocycles. The van der Waals surface area contributed by atoms with E-state index in [1.807, 2.05) is 18.2 Å². The molecule has 21 heavy (non-hydrogen) atoms. The van der Waals surface area contributed by atoms with Gasteiger partial charge < -0.3 is 20.1 Å². The quantitative estimate of drug-likeness (QED) is 0.784. The normalized spacial score (nSPS) is 17.8. The van der Waals surface area contributed by atoms with E-state index in [0.29, 0.717) is 13.1 Å². The second-order valence-electron chi connectivity index (χ2n) is 5.47. The minimum Gasteiger partial charge on any atom is -0.497 e. The van der Waals surface area contributed by atoms with Crippen LogP contribution in [-0.4, -0.2) is 49.4 Å². The number of ether oxygens (including phenoxy) is 1. The predicted molar refractivity (Wildman–Crippen MR) is 81.5 cm³/mol. The number of amides is 2. The van der Waals surface area contributed by atoms with Gasteiger partial charge in [0.05, 0.1) is 7.11 Å². The van der Waals surface area contributed by atoms with Gasteiger partial charge >= 0.3 is 6.03 Å². The molecule has 1 aliphatic rings. The number of methoxy groups -OCH3 is 1. The Balaban J connectivity index is 1.66. The molecule has 0 aliphatic carbocycles. The monoisotopic (exact) mass is 292 g/mol. The lowest BCUT2D eigenvalue weighted by Crippen LogP contribution is -2.39. The number of aryl methyl sites for hydroxylation is 1. The van der Waals surface area contributed by atoms with E-state index < -0.39 is 0 Å². The topological polar surface area (TPSA) is 61.8 Å². The van der Waals surface area contributed by atoms with Crippen LogP contribution >= 0.6 is 0 Å². The van der Waals surface area contributed by atoms with Crippen LogP contribution in [0.5, 0.6) is 5.75 Å². The smallest absolute Gasteiger partial charge is 0.317 e. The Morgan fingerprint density at radius 1 is 1.52 bits per heavy atom. The highest BCUT2D eigenvalue weighted by Gasteiger charge is 2.25. The van der Waals surface area contributed by atoms with Crippen molar-refractivity contribution in [3.63, 3.8) is 0 Å². The zero-order chi connectivity index (χ0) is 15.1. The molecule has 2 amide bonds. The summed E-state index contributed by atoms with van der Waals surface area (Å²) in [5.74, 6) is 1.11. The third-order valence-corrected chi connectivity index (χ3v) is 3.88. The summed E-state index contributed by atoms with van der Waals surface area (Å²) in [6.07, 6.45) is 2.71. The van der Waals surface area contributed by atoms with Crippen molar-refractivity contribution in [2.75, 3.05) is 33.4 Å². The first kappa shape index (κ1) is 15.6. The number of nitrogens with one attached hydrogen (secondary N) is 1. The summed E-state index contributed by atoms with van der Waals surface area (Å²) in [5.41, 5.74) is 1.21. The van der Waals surface area contributed by atoms with Gasteiger partial charge in [0.25, 0.3) is 0 Å². The van der Waals surface area contributed by atoms with Crippen LogP contribution in [0.4, 0.5) is 4.79 Å². The number of nitrogens with zero attached hydrogens (tertiary/aromatic N) is 1. The Kier molecular flexibility index (Phi) is 5.87. The fourth-order valence-electron chi connectivity index (χ4n) is 2.59.